The van der Waals surface area contributed by atoms with E-state index in [0.717, 1.165) is 18.7 Å². The van der Waals surface area contributed by atoms with Gasteiger partial charge in [0, 0.05) is 13.0 Å². The Hall–Kier alpha value is -1.82. The molecule has 2 aromatic heterocycles. The van der Waals surface area contributed by atoms with Crippen molar-refractivity contribution in [1.29, 1.82) is 0 Å². The van der Waals surface area contributed by atoms with E-state index in [1.54, 1.807) is 6.26 Å². The highest BCUT2D eigenvalue weighted by atomic mass is 16.4. The van der Waals surface area contributed by atoms with Gasteiger partial charge in [0.25, 0.3) is 0 Å². The summed E-state index contributed by atoms with van der Waals surface area (Å²) in [5.74, 6) is 1.53. The number of rotatable bonds is 7. The summed E-state index contributed by atoms with van der Waals surface area (Å²) in [6.07, 6.45) is 2.45. The molecule has 0 aliphatic carbocycles. The van der Waals surface area contributed by atoms with Gasteiger partial charge in [0.05, 0.1) is 12.8 Å². The first-order chi connectivity index (χ1) is 8.38. The molecule has 2 N–H and O–H groups in total. The number of hydrogen-bond donors (Lipinski definition) is 2. The molecule has 17 heavy (non-hydrogen) atoms. The summed E-state index contributed by atoms with van der Waals surface area (Å²) in [6.45, 7) is 4.21. The van der Waals surface area contributed by atoms with Crippen molar-refractivity contribution in [2.45, 2.75) is 19.9 Å². The maximum atomic E-state index is 5.38. The number of hydrogen-bond acceptors (Lipinski definition) is 6. The number of nitrogens with zero attached hydrogens (tertiary/aromatic N) is 2. The van der Waals surface area contributed by atoms with E-state index in [-0.39, 0.29) is 0 Å². The first-order valence-electron chi connectivity index (χ1n) is 5.68. The molecule has 0 spiro atoms. The molecule has 0 unspecified atom stereocenters. The fourth-order valence-corrected chi connectivity index (χ4v) is 1.38. The summed E-state index contributed by atoms with van der Waals surface area (Å²) in [6, 6.07) is 4.26. The lowest BCUT2D eigenvalue weighted by molar-refractivity contribution is 0.479. The molecular formula is C11H16N4O2. The number of furan rings is 1. The molecule has 2 aromatic rings. The van der Waals surface area contributed by atoms with E-state index < -0.39 is 0 Å². The van der Waals surface area contributed by atoms with Crippen LogP contribution >= 0.6 is 0 Å². The molecule has 0 fully saturated rings. The molecule has 0 bridgehead atoms. The summed E-state index contributed by atoms with van der Waals surface area (Å²) < 4.78 is 10.6. The molecule has 0 radical (unpaired) electrons. The van der Waals surface area contributed by atoms with Crippen LogP contribution in [0.25, 0.3) is 0 Å². The van der Waals surface area contributed by atoms with Gasteiger partial charge in [-0.05, 0) is 18.7 Å². The van der Waals surface area contributed by atoms with Gasteiger partial charge in [0.1, 0.15) is 5.76 Å². The van der Waals surface area contributed by atoms with Crippen LogP contribution in [0.5, 0.6) is 0 Å². The first kappa shape index (κ1) is 11.7. The molecule has 6 heteroatoms. The van der Waals surface area contributed by atoms with Gasteiger partial charge in [0.2, 0.25) is 5.89 Å². The minimum Gasteiger partial charge on any atom is -0.469 e. The summed E-state index contributed by atoms with van der Waals surface area (Å²) in [5.41, 5.74) is 0. The van der Waals surface area contributed by atoms with Crippen LogP contribution < -0.4 is 10.6 Å². The van der Waals surface area contributed by atoms with Gasteiger partial charge >= 0.3 is 6.01 Å². The lowest BCUT2D eigenvalue weighted by atomic mass is 10.3. The third-order valence-corrected chi connectivity index (χ3v) is 2.22. The zero-order chi connectivity index (χ0) is 11.9. The lowest BCUT2D eigenvalue weighted by Gasteiger charge is -1.98. The molecule has 6 nitrogen and oxygen atoms in total. The normalized spacial score (nSPS) is 10.6. The zero-order valence-electron chi connectivity index (χ0n) is 9.77. The highest BCUT2D eigenvalue weighted by molar-refractivity contribution is 5.17. The standard InChI is InChI=1S/C11H16N4O2/c1-2-12-8-10-14-15-11(17-10)13-6-5-9-4-3-7-16-9/h3-4,7,12H,2,5-6,8H2,1H3,(H,13,15). The highest BCUT2D eigenvalue weighted by Gasteiger charge is 2.04. The fourth-order valence-electron chi connectivity index (χ4n) is 1.38. The maximum absolute atomic E-state index is 5.38. The van der Waals surface area contributed by atoms with Gasteiger partial charge in [-0.3, -0.25) is 0 Å². The fraction of sp³-hybridized carbons (Fsp3) is 0.455. The van der Waals surface area contributed by atoms with E-state index >= 15 is 0 Å². The summed E-state index contributed by atoms with van der Waals surface area (Å²) >= 11 is 0. The Balaban J connectivity index is 1.73. The Bertz CT molecular complexity index is 424. The second-order valence-corrected chi connectivity index (χ2v) is 3.54. The van der Waals surface area contributed by atoms with Crippen molar-refractivity contribution >= 4 is 6.01 Å². The molecule has 0 saturated carbocycles. The zero-order valence-corrected chi connectivity index (χ0v) is 9.77. The predicted octanol–water partition coefficient (Wildman–Crippen LogP) is 1.43. The third kappa shape index (κ3) is 3.60. The van der Waals surface area contributed by atoms with Crippen molar-refractivity contribution < 1.29 is 8.83 Å². The summed E-state index contributed by atoms with van der Waals surface area (Å²) in [7, 11) is 0. The molecular weight excluding hydrogens is 220 g/mol. The van der Waals surface area contributed by atoms with Crippen molar-refractivity contribution in [3.05, 3.63) is 30.0 Å². The van der Waals surface area contributed by atoms with Crippen LogP contribution in [0.15, 0.2) is 27.2 Å². The minimum atomic E-state index is 0.449. The number of anilines is 1. The van der Waals surface area contributed by atoms with E-state index in [1.807, 2.05) is 19.1 Å². The summed E-state index contributed by atoms with van der Waals surface area (Å²) in [4.78, 5) is 0. The highest BCUT2D eigenvalue weighted by Crippen LogP contribution is 2.06. The SMILES string of the molecule is CCNCc1nnc(NCCc2ccco2)o1. The van der Waals surface area contributed by atoms with E-state index in [4.69, 9.17) is 8.83 Å². The smallest absolute Gasteiger partial charge is 0.315 e. The second-order valence-electron chi connectivity index (χ2n) is 3.54. The quantitative estimate of drug-likeness (QED) is 0.757. The number of nitrogens with one attached hydrogen (secondary N) is 2. The van der Waals surface area contributed by atoms with Gasteiger partial charge < -0.3 is 19.5 Å². The maximum Gasteiger partial charge on any atom is 0.315 e. The van der Waals surface area contributed by atoms with E-state index in [1.165, 1.54) is 0 Å². The van der Waals surface area contributed by atoms with Crippen LogP contribution in [0.2, 0.25) is 0 Å². The van der Waals surface area contributed by atoms with Crippen molar-refractivity contribution in [3.63, 3.8) is 0 Å². The third-order valence-electron chi connectivity index (χ3n) is 2.22. The monoisotopic (exact) mass is 236 g/mol. The minimum absolute atomic E-state index is 0.449. The van der Waals surface area contributed by atoms with Crippen molar-refractivity contribution in [2.24, 2.45) is 0 Å². The van der Waals surface area contributed by atoms with Gasteiger partial charge in [-0.15, -0.1) is 5.10 Å². The largest absolute Gasteiger partial charge is 0.469 e. The molecule has 0 saturated heterocycles. The molecule has 0 aliphatic heterocycles. The summed E-state index contributed by atoms with van der Waals surface area (Å²) in [5, 5.41) is 14.0. The van der Waals surface area contributed by atoms with E-state index in [0.29, 0.717) is 25.0 Å². The average molecular weight is 236 g/mol. The van der Waals surface area contributed by atoms with Crippen LogP contribution in [-0.2, 0) is 13.0 Å². The van der Waals surface area contributed by atoms with Crippen molar-refractivity contribution in [2.75, 3.05) is 18.4 Å². The first-order valence-corrected chi connectivity index (χ1v) is 5.68. The van der Waals surface area contributed by atoms with Crippen LogP contribution in [0, 0.1) is 0 Å². The van der Waals surface area contributed by atoms with Gasteiger partial charge in [-0.25, -0.2) is 0 Å². The second kappa shape index (κ2) is 6.05. The Labute approximate surface area is 99.4 Å². The lowest BCUT2D eigenvalue weighted by Crippen LogP contribution is -2.11. The van der Waals surface area contributed by atoms with Gasteiger partial charge in [-0.2, -0.15) is 0 Å². The molecule has 92 valence electrons. The van der Waals surface area contributed by atoms with Gasteiger partial charge in [-0.1, -0.05) is 12.0 Å². The molecule has 0 amide bonds. The molecule has 2 rings (SSSR count). The number of aromatic nitrogens is 2. The molecule has 0 atom stereocenters. The van der Waals surface area contributed by atoms with Crippen LogP contribution in [0.3, 0.4) is 0 Å². The molecule has 0 aromatic carbocycles. The van der Waals surface area contributed by atoms with Gasteiger partial charge in [0.15, 0.2) is 0 Å². The Morgan fingerprint density at radius 1 is 1.35 bits per heavy atom. The Morgan fingerprint density at radius 3 is 3.06 bits per heavy atom. The Kier molecular flexibility index (Phi) is 4.15. The van der Waals surface area contributed by atoms with Crippen LogP contribution in [0.1, 0.15) is 18.6 Å². The topological polar surface area (TPSA) is 76.1 Å². The van der Waals surface area contributed by atoms with E-state index in [9.17, 15) is 0 Å². The Morgan fingerprint density at radius 2 is 2.29 bits per heavy atom. The van der Waals surface area contributed by atoms with Crippen molar-refractivity contribution in [3.8, 4) is 0 Å². The van der Waals surface area contributed by atoms with Crippen molar-refractivity contribution in [1.82, 2.24) is 15.5 Å². The van der Waals surface area contributed by atoms with E-state index in [2.05, 4.69) is 20.8 Å². The van der Waals surface area contributed by atoms with Crippen LogP contribution in [-0.4, -0.2) is 23.3 Å². The molecule has 2 heterocycles. The predicted molar refractivity (Wildman–Crippen MR) is 62.6 cm³/mol. The average Bonchev–Trinajstić information content (AvgIpc) is 2.98. The van der Waals surface area contributed by atoms with Crippen LogP contribution in [0.4, 0.5) is 6.01 Å². The molecule has 0 aliphatic rings.